The first-order chi connectivity index (χ1) is 20.7. The molecule has 0 radical (unpaired) electrons. The summed E-state index contributed by atoms with van der Waals surface area (Å²) < 4.78 is 12.1. The molecule has 2 atom stereocenters. The molecule has 8 nitrogen and oxygen atoms in total. The summed E-state index contributed by atoms with van der Waals surface area (Å²) in [5.41, 5.74) is 2.45. The maximum Gasteiger partial charge on any atom is 0.326 e. The van der Waals surface area contributed by atoms with Crippen molar-refractivity contribution < 1.29 is 19.1 Å². The Morgan fingerprint density at radius 2 is 1.47 bits per heavy atom. The quantitative estimate of drug-likeness (QED) is 0.284. The summed E-state index contributed by atoms with van der Waals surface area (Å²) in [5, 5.41) is 1.21. The zero-order chi connectivity index (χ0) is 30.7. The fraction of sp³-hybridized carbons (Fsp3) is 0.364. The Kier molecular flexibility index (Phi) is 9.47. The van der Waals surface area contributed by atoms with Crippen LogP contribution in [0.4, 0.5) is 4.79 Å². The van der Waals surface area contributed by atoms with Crippen LogP contribution in [0, 0.1) is 0 Å². The molecule has 0 N–H and O–H groups in total. The van der Waals surface area contributed by atoms with E-state index >= 15 is 0 Å². The lowest BCUT2D eigenvalue weighted by Crippen LogP contribution is -2.54. The van der Waals surface area contributed by atoms with Gasteiger partial charge >= 0.3 is 6.03 Å². The van der Waals surface area contributed by atoms with Crippen LogP contribution in [0.2, 0.25) is 10.0 Å². The van der Waals surface area contributed by atoms with E-state index in [1.165, 1.54) is 0 Å². The highest BCUT2D eigenvalue weighted by Crippen LogP contribution is 2.46. The molecule has 1 saturated heterocycles. The van der Waals surface area contributed by atoms with Gasteiger partial charge in [-0.2, -0.15) is 0 Å². The third kappa shape index (κ3) is 6.76. The average Bonchev–Trinajstić information content (AvgIpc) is 3.38. The first kappa shape index (κ1) is 30.7. The van der Waals surface area contributed by atoms with E-state index in [0.717, 1.165) is 11.1 Å². The molecule has 0 bridgehead atoms. The molecule has 10 heteroatoms. The highest BCUT2D eigenvalue weighted by molar-refractivity contribution is 6.30. The van der Waals surface area contributed by atoms with Crippen LogP contribution >= 0.6 is 23.2 Å². The van der Waals surface area contributed by atoms with E-state index in [9.17, 15) is 9.59 Å². The number of halogens is 2. The highest BCUT2D eigenvalue weighted by Gasteiger charge is 2.45. The van der Waals surface area contributed by atoms with Gasteiger partial charge in [0.05, 0.1) is 24.3 Å². The minimum atomic E-state index is -0.491. The summed E-state index contributed by atoms with van der Waals surface area (Å²) >= 11 is 12.6. The average molecular weight is 624 g/mol. The van der Waals surface area contributed by atoms with Gasteiger partial charge in [-0.25, -0.2) is 4.79 Å². The van der Waals surface area contributed by atoms with Gasteiger partial charge in [-0.05, 0) is 74.4 Å². The van der Waals surface area contributed by atoms with Gasteiger partial charge in [-0.3, -0.25) is 14.7 Å². The van der Waals surface area contributed by atoms with Crippen molar-refractivity contribution in [2.24, 2.45) is 4.99 Å². The van der Waals surface area contributed by atoms with Crippen molar-refractivity contribution in [1.29, 1.82) is 0 Å². The number of amides is 3. The number of nitrogens with zero attached hydrogens (tertiary/aromatic N) is 4. The first-order valence-electron chi connectivity index (χ1n) is 14.5. The lowest BCUT2D eigenvalue weighted by Gasteiger charge is -2.39. The minimum Gasteiger partial charge on any atom is -0.494 e. The zero-order valence-electron chi connectivity index (χ0n) is 24.8. The number of carbonyl (C=O) groups excluding carboxylic acids is 2. The summed E-state index contributed by atoms with van der Waals surface area (Å²) in [6, 6.07) is 19.5. The number of ether oxygens (including phenoxy) is 2. The van der Waals surface area contributed by atoms with Gasteiger partial charge in [0.25, 0.3) is 0 Å². The van der Waals surface area contributed by atoms with E-state index < -0.39 is 12.1 Å². The fourth-order valence-electron chi connectivity index (χ4n) is 5.52. The Labute approximate surface area is 262 Å². The van der Waals surface area contributed by atoms with E-state index in [4.69, 9.17) is 37.7 Å². The molecule has 1 fully saturated rings. The van der Waals surface area contributed by atoms with Crippen LogP contribution < -0.4 is 9.47 Å². The second kappa shape index (κ2) is 13.3. The van der Waals surface area contributed by atoms with Crippen molar-refractivity contribution in [2.75, 3.05) is 32.8 Å². The van der Waals surface area contributed by atoms with Gasteiger partial charge in [0.2, 0.25) is 5.91 Å². The van der Waals surface area contributed by atoms with Crippen molar-refractivity contribution in [1.82, 2.24) is 14.7 Å². The summed E-state index contributed by atoms with van der Waals surface area (Å²) in [6.07, 6.45) is -0.110. The van der Waals surface area contributed by atoms with Gasteiger partial charge < -0.3 is 19.3 Å². The van der Waals surface area contributed by atoms with Crippen molar-refractivity contribution in [3.8, 4) is 11.5 Å². The lowest BCUT2D eigenvalue weighted by atomic mass is 9.93. The molecule has 3 aromatic carbocycles. The molecule has 5 rings (SSSR count). The number of carbonyl (C=O) groups is 2. The molecule has 2 aliphatic rings. The first-order valence-corrected chi connectivity index (χ1v) is 15.3. The highest BCUT2D eigenvalue weighted by atomic mass is 35.5. The molecular formula is C33H36Cl2N4O4. The lowest BCUT2D eigenvalue weighted by molar-refractivity contribution is -0.130. The van der Waals surface area contributed by atoms with E-state index in [-0.39, 0.29) is 18.0 Å². The van der Waals surface area contributed by atoms with Gasteiger partial charge in [0, 0.05) is 43.1 Å². The molecule has 2 unspecified atom stereocenters. The maximum atomic E-state index is 14.6. The third-order valence-electron chi connectivity index (χ3n) is 7.56. The standard InChI is InChI=1S/C33H36Cl2N4O4/c1-5-42-27-14-15-29(43-21(2)3)28(20-27)32-36-30(23-6-10-25(34)11-7-23)31(24-8-12-26(35)13-9-24)39(32)33(41)38-18-16-37(17-19-38)22(4)40/h6-15,20-21,30-31H,5,16-19H2,1-4H3. The predicted molar refractivity (Wildman–Crippen MR) is 169 cm³/mol. The monoisotopic (exact) mass is 622 g/mol. The van der Waals surface area contributed by atoms with Crippen LogP contribution in [0.25, 0.3) is 0 Å². The zero-order valence-corrected chi connectivity index (χ0v) is 26.3. The molecular weight excluding hydrogens is 587 g/mol. The molecule has 43 heavy (non-hydrogen) atoms. The van der Waals surface area contributed by atoms with Crippen LogP contribution in [-0.4, -0.2) is 71.4 Å². The second-order valence-corrected chi connectivity index (χ2v) is 11.7. The van der Waals surface area contributed by atoms with Crippen LogP contribution in [0.5, 0.6) is 11.5 Å². The van der Waals surface area contributed by atoms with E-state index in [1.54, 1.807) is 21.6 Å². The number of benzene rings is 3. The number of hydrogen-bond acceptors (Lipinski definition) is 5. The molecule has 226 valence electrons. The summed E-state index contributed by atoms with van der Waals surface area (Å²) in [6.45, 7) is 9.64. The van der Waals surface area contributed by atoms with Gasteiger partial charge in [-0.1, -0.05) is 47.5 Å². The largest absolute Gasteiger partial charge is 0.494 e. The maximum absolute atomic E-state index is 14.6. The number of rotatable bonds is 7. The van der Waals surface area contributed by atoms with Crippen LogP contribution in [-0.2, 0) is 4.79 Å². The molecule has 3 aromatic rings. The topological polar surface area (TPSA) is 74.7 Å². The summed E-state index contributed by atoms with van der Waals surface area (Å²) in [4.78, 5) is 37.2. The molecule has 0 aromatic heterocycles. The van der Waals surface area contributed by atoms with Crippen molar-refractivity contribution >= 4 is 41.0 Å². The molecule has 0 spiro atoms. The molecule has 0 saturated carbocycles. The van der Waals surface area contributed by atoms with E-state index in [1.807, 2.05) is 87.5 Å². The molecule has 2 heterocycles. The number of urea groups is 1. The Morgan fingerprint density at radius 1 is 0.884 bits per heavy atom. The second-order valence-electron chi connectivity index (χ2n) is 10.8. The SMILES string of the molecule is CCOc1ccc(OC(C)C)c(C2=NC(c3ccc(Cl)cc3)C(c3ccc(Cl)cc3)N2C(=O)N2CCN(C(C)=O)CC2)c1. The third-order valence-corrected chi connectivity index (χ3v) is 8.06. The molecule has 0 aliphatic carbocycles. The van der Waals surface area contributed by atoms with Gasteiger partial charge in [0.1, 0.15) is 23.4 Å². The molecule has 3 amide bonds. The Hall–Kier alpha value is -3.75. The summed E-state index contributed by atoms with van der Waals surface area (Å²) in [5.74, 6) is 1.73. The Bertz CT molecular complexity index is 1490. The normalized spacial score (nSPS) is 18.6. The number of piperazine rings is 1. The Morgan fingerprint density at radius 3 is 2.02 bits per heavy atom. The smallest absolute Gasteiger partial charge is 0.326 e. The van der Waals surface area contributed by atoms with Crippen molar-refractivity contribution in [3.63, 3.8) is 0 Å². The van der Waals surface area contributed by atoms with E-state index in [0.29, 0.717) is 65.7 Å². The number of hydrogen-bond donors (Lipinski definition) is 0. The van der Waals surface area contributed by atoms with Crippen molar-refractivity contribution in [2.45, 2.75) is 45.9 Å². The van der Waals surface area contributed by atoms with Crippen LogP contribution in [0.15, 0.2) is 71.7 Å². The minimum absolute atomic E-state index is 0.000538. The number of aliphatic imine (C=N–C) groups is 1. The van der Waals surface area contributed by atoms with Crippen molar-refractivity contribution in [3.05, 3.63) is 93.5 Å². The van der Waals surface area contributed by atoms with E-state index in [2.05, 4.69) is 0 Å². The molecule has 2 aliphatic heterocycles. The predicted octanol–water partition coefficient (Wildman–Crippen LogP) is 7.01. The fourth-order valence-corrected chi connectivity index (χ4v) is 5.77. The summed E-state index contributed by atoms with van der Waals surface area (Å²) in [7, 11) is 0. The van der Waals surface area contributed by atoms with Gasteiger partial charge in [-0.15, -0.1) is 0 Å². The van der Waals surface area contributed by atoms with Crippen LogP contribution in [0.1, 0.15) is 56.5 Å². The number of amidine groups is 1. The van der Waals surface area contributed by atoms with Gasteiger partial charge in [0.15, 0.2) is 0 Å². The van der Waals surface area contributed by atoms with Crippen LogP contribution in [0.3, 0.4) is 0 Å². The Balaban J connectivity index is 1.68.